The van der Waals surface area contributed by atoms with Gasteiger partial charge in [0.25, 0.3) is 9.05 Å². The van der Waals surface area contributed by atoms with Crippen LogP contribution in [-0.2, 0) is 15.5 Å². The Bertz CT molecular complexity index is 549. The largest absolute Gasteiger partial charge is 0.486 e. The molecule has 0 saturated heterocycles. The molecule has 0 radical (unpaired) electrons. The van der Waals surface area contributed by atoms with E-state index in [1.165, 1.54) is 6.07 Å². The van der Waals surface area contributed by atoms with Gasteiger partial charge in [0.05, 0.1) is 5.02 Å². The minimum atomic E-state index is -3.89. The van der Waals surface area contributed by atoms with E-state index in [-0.39, 0.29) is 15.7 Å². The number of hydrogen-bond donors (Lipinski definition) is 0. The van der Waals surface area contributed by atoms with Gasteiger partial charge in [-0.15, -0.1) is 0 Å². The van der Waals surface area contributed by atoms with Gasteiger partial charge in [-0.2, -0.15) is 0 Å². The van der Waals surface area contributed by atoms with Crippen molar-refractivity contribution in [1.29, 1.82) is 0 Å². The molecule has 0 amide bonds. The van der Waals surface area contributed by atoms with Crippen molar-refractivity contribution in [2.24, 2.45) is 0 Å². The van der Waals surface area contributed by atoms with E-state index in [1.54, 1.807) is 6.07 Å². The number of ether oxygens (including phenoxy) is 1. The summed E-state index contributed by atoms with van der Waals surface area (Å²) in [6, 6.07) is 3.29. The fourth-order valence-corrected chi connectivity index (χ4v) is 3.56. The van der Waals surface area contributed by atoms with Gasteiger partial charge in [0.15, 0.2) is 0 Å². The topological polar surface area (TPSA) is 43.4 Å². The zero-order valence-corrected chi connectivity index (χ0v) is 11.1. The lowest BCUT2D eigenvalue weighted by Gasteiger charge is -2.17. The van der Waals surface area contributed by atoms with E-state index in [2.05, 4.69) is 0 Å². The predicted octanol–water partition coefficient (Wildman–Crippen LogP) is 2.98. The number of fused-ring (bicyclic) bond motifs is 1. The highest BCUT2D eigenvalue weighted by Gasteiger charge is 2.35. The van der Waals surface area contributed by atoms with Crippen molar-refractivity contribution in [1.82, 2.24) is 0 Å². The lowest BCUT2D eigenvalue weighted by molar-refractivity contribution is 0.135. The smallest absolute Gasteiger partial charge is 0.266 e. The van der Waals surface area contributed by atoms with Crippen LogP contribution in [0.2, 0.25) is 5.02 Å². The summed E-state index contributed by atoms with van der Waals surface area (Å²) in [4.78, 5) is -0.126. The van der Waals surface area contributed by atoms with Gasteiger partial charge < -0.3 is 4.74 Å². The molecule has 0 saturated carbocycles. The minimum Gasteiger partial charge on any atom is -0.486 e. The van der Waals surface area contributed by atoms with Crippen molar-refractivity contribution >= 4 is 31.3 Å². The third-order valence-electron chi connectivity index (χ3n) is 2.38. The van der Waals surface area contributed by atoms with Crippen molar-refractivity contribution in [3.05, 3.63) is 22.7 Å². The Kier molecular flexibility index (Phi) is 2.64. The van der Waals surface area contributed by atoms with E-state index in [0.29, 0.717) is 6.42 Å². The number of hydrogen-bond acceptors (Lipinski definition) is 3. The molecule has 1 aliphatic heterocycles. The SMILES string of the molecule is CC1(C)Cc2ccc(Cl)c(S(=O)(=O)Cl)c2O1. The standard InChI is InChI=1S/C10H10Cl2O3S/c1-10(2)5-6-3-4-7(11)9(8(6)15-10)16(12,13)14/h3-4H,5H2,1-2H3. The molecule has 0 N–H and O–H groups in total. The van der Waals surface area contributed by atoms with Crippen molar-refractivity contribution in [2.45, 2.75) is 30.8 Å². The Morgan fingerprint density at radius 1 is 1.38 bits per heavy atom. The fraction of sp³-hybridized carbons (Fsp3) is 0.400. The molecule has 1 aromatic rings. The summed E-state index contributed by atoms with van der Waals surface area (Å²) in [7, 11) is 1.45. The second-order valence-electron chi connectivity index (χ2n) is 4.34. The Labute approximate surface area is 104 Å². The van der Waals surface area contributed by atoms with Crippen molar-refractivity contribution in [2.75, 3.05) is 0 Å². The van der Waals surface area contributed by atoms with E-state index in [1.807, 2.05) is 13.8 Å². The molecule has 0 unspecified atom stereocenters. The van der Waals surface area contributed by atoms with Crippen molar-refractivity contribution in [3.63, 3.8) is 0 Å². The maximum absolute atomic E-state index is 11.4. The highest BCUT2D eigenvalue weighted by molar-refractivity contribution is 8.14. The monoisotopic (exact) mass is 280 g/mol. The molecule has 0 atom stereocenters. The first-order valence-electron chi connectivity index (χ1n) is 4.66. The highest BCUT2D eigenvalue weighted by atomic mass is 35.7. The van der Waals surface area contributed by atoms with Gasteiger partial charge in [0, 0.05) is 17.1 Å². The lowest BCUT2D eigenvalue weighted by Crippen LogP contribution is -2.25. The maximum atomic E-state index is 11.4. The van der Waals surface area contributed by atoms with Crippen LogP contribution in [0.5, 0.6) is 5.75 Å². The molecule has 16 heavy (non-hydrogen) atoms. The van der Waals surface area contributed by atoms with E-state index in [0.717, 1.165) is 5.56 Å². The summed E-state index contributed by atoms with van der Waals surface area (Å²) in [5.41, 5.74) is 0.386. The van der Waals surface area contributed by atoms with Crippen LogP contribution in [0, 0.1) is 0 Å². The van der Waals surface area contributed by atoms with Gasteiger partial charge in [-0.3, -0.25) is 0 Å². The van der Waals surface area contributed by atoms with Gasteiger partial charge in [-0.25, -0.2) is 8.42 Å². The Morgan fingerprint density at radius 3 is 2.56 bits per heavy atom. The molecule has 2 rings (SSSR count). The van der Waals surface area contributed by atoms with Gasteiger partial charge in [0.2, 0.25) is 0 Å². The lowest BCUT2D eigenvalue weighted by atomic mass is 10.0. The first-order valence-corrected chi connectivity index (χ1v) is 7.34. The molecular formula is C10H10Cl2O3S. The zero-order valence-electron chi connectivity index (χ0n) is 8.75. The van der Waals surface area contributed by atoms with Gasteiger partial charge >= 0.3 is 0 Å². The molecule has 1 aliphatic rings. The van der Waals surface area contributed by atoms with Crippen molar-refractivity contribution < 1.29 is 13.2 Å². The van der Waals surface area contributed by atoms with Crippen LogP contribution in [0.4, 0.5) is 0 Å². The summed E-state index contributed by atoms with van der Waals surface area (Å²) in [5, 5.41) is 0.0893. The fourth-order valence-electron chi connectivity index (χ4n) is 1.83. The van der Waals surface area contributed by atoms with E-state index in [9.17, 15) is 8.42 Å². The normalized spacial score (nSPS) is 18.0. The summed E-state index contributed by atoms with van der Waals surface area (Å²) in [6.07, 6.45) is 0.638. The van der Waals surface area contributed by atoms with Gasteiger partial charge in [0.1, 0.15) is 16.2 Å². The predicted molar refractivity (Wildman–Crippen MR) is 62.9 cm³/mol. The summed E-state index contributed by atoms with van der Waals surface area (Å²) >= 11 is 5.84. The van der Waals surface area contributed by atoms with Gasteiger partial charge in [-0.1, -0.05) is 17.7 Å². The summed E-state index contributed by atoms with van der Waals surface area (Å²) in [5.74, 6) is 0.285. The van der Waals surface area contributed by atoms with Crippen LogP contribution in [0.15, 0.2) is 17.0 Å². The van der Waals surface area contributed by atoms with E-state index < -0.39 is 14.7 Å². The molecule has 0 spiro atoms. The number of benzene rings is 1. The quantitative estimate of drug-likeness (QED) is 0.743. The summed E-state index contributed by atoms with van der Waals surface area (Å²) in [6.45, 7) is 3.76. The molecular weight excluding hydrogens is 271 g/mol. The average molecular weight is 281 g/mol. The van der Waals surface area contributed by atoms with E-state index >= 15 is 0 Å². The Morgan fingerprint density at radius 2 is 2.00 bits per heavy atom. The molecule has 1 aromatic carbocycles. The average Bonchev–Trinajstić information content (AvgIpc) is 2.35. The van der Waals surface area contributed by atoms with Crippen LogP contribution >= 0.6 is 22.3 Å². The van der Waals surface area contributed by atoms with Gasteiger partial charge in [-0.05, 0) is 25.5 Å². The van der Waals surface area contributed by atoms with Crippen LogP contribution in [0.3, 0.4) is 0 Å². The number of rotatable bonds is 1. The minimum absolute atomic E-state index is 0.0893. The summed E-state index contributed by atoms with van der Waals surface area (Å²) < 4.78 is 28.4. The first-order chi connectivity index (χ1) is 7.21. The molecule has 3 nitrogen and oxygen atoms in total. The highest BCUT2D eigenvalue weighted by Crippen LogP contribution is 2.43. The zero-order chi connectivity index (χ0) is 12.1. The Hall–Kier alpha value is -0.450. The molecule has 0 fully saturated rings. The second-order valence-corrected chi connectivity index (χ2v) is 7.25. The third-order valence-corrected chi connectivity index (χ3v) is 4.17. The third kappa shape index (κ3) is 2.01. The Balaban J connectivity index is 2.70. The molecule has 1 heterocycles. The second kappa shape index (κ2) is 3.52. The molecule has 88 valence electrons. The first kappa shape index (κ1) is 12.0. The molecule has 0 aliphatic carbocycles. The maximum Gasteiger partial charge on any atom is 0.266 e. The number of halogens is 2. The molecule has 0 aromatic heterocycles. The van der Waals surface area contributed by atoms with E-state index in [4.69, 9.17) is 27.0 Å². The van der Waals surface area contributed by atoms with Crippen LogP contribution in [-0.4, -0.2) is 14.0 Å². The van der Waals surface area contributed by atoms with Crippen LogP contribution in [0.25, 0.3) is 0 Å². The van der Waals surface area contributed by atoms with Crippen LogP contribution < -0.4 is 4.74 Å². The van der Waals surface area contributed by atoms with Crippen molar-refractivity contribution in [3.8, 4) is 5.75 Å². The van der Waals surface area contributed by atoms with Crippen LogP contribution in [0.1, 0.15) is 19.4 Å². The molecule has 0 bridgehead atoms. The molecule has 6 heteroatoms.